The number of carbonyl (C=O) groups is 1. The van der Waals surface area contributed by atoms with Crippen molar-refractivity contribution in [3.63, 3.8) is 0 Å². The summed E-state index contributed by atoms with van der Waals surface area (Å²) >= 11 is 0. The van der Waals surface area contributed by atoms with Gasteiger partial charge in [0.15, 0.2) is 6.10 Å². The van der Waals surface area contributed by atoms with Crippen LogP contribution in [0, 0.1) is 13.8 Å². The fourth-order valence-electron chi connectivity index (χ4n) is 3.06. The number of rotatable bonds is 6. The average Bonchev–Trinajstić information content (AvgIpc) is 2.64. The molecule has 0 aromatic heterocycles. The second kappa shape index (κ2) is 8.10. The van der Waals surface area contributed by atoms with Crippen molar-refractivity contribution in [2.45, 2.75) is 20.0 Å². The SMILES string of the molecule is Cc1ccc(OCCNC(=O)[C@@H]2CN(S(C)(=O)=O)c3ccccc3O2)c(C)c1. The molecule has 2 aromatic carbocycles. The minimum atomic E-state index is -3.53. The number of benzene rings is 2. The molecular weight excluding hydrogens is 380 g/mol. The largest absolute Gasteiger partial charge is 0.491 e. The van der Waals surface area contributed by atoms with Gasteiger partial charge in [-0.3, -0.25) is 9.10 Å². The number of sulfonamides is 1. The van der Waals surface area contributed by atoms with E-state index in [0.29, 0.717) is 18.0 Å². The maximum absolute atomic E-state index is 12.5. The molecule has 0 aliphatic carbocycles. The van der Waals surface area contributed by atoms with E-state index in [1.807, 2.05) is 32.0 Å². The van der Waals surface area contributed by atoms with Crippen LogP contribution in [0.3, 0.4) is 0 Å². The number of aryl methyl sites for hydroxylation is 2. The van der Waals surface area contributed by atoms with Gasteiger partial charge in [0.25, 0.3) is 5.91 Å². The van der Waals surface area contributed by atoms with Crippen LogP contribution >= 0.6 is 0 Å². The van der Waals surface area contributed by atoms with Gasteiger partial charge in [0, 0.05) is 0 Å². The number of hydrogen-bond donors (Lipinski definition) is 1. The number of nitrogens with one attached hydrogen (secondary N) is 1. The van der Waals surface area contributed by atoms with Crippen molar-refractivity contribution in [1.82, 2.24) is 5.32 Å². The highest BCUT2D eigenvalue weighted by atomic mass is 32.2. The van der Waals surface area contributed by atoms with Crippen molar-refractivity contribution in [3.8, 4) is 11.5 Å². The molecule has 0 spiro atoms. The van der Waals surface area contributed by atoms with Crippen LogP contribution in [0.25, 0.3) is 0 Å². The molecule has 0 radical (unpaired) electrons. The molecule has 0 saturated heterocycles. The van der Waals surface area contributed by atoms with Crippen LogP contribution in [0.2, 0.25) is 0 Å². The maximum atomic E-state index is 12.5. The van der Waals surface area contributed by atoms with Crippen LogP contribution in [-0.4, -0.2) is 46.4 Å². The third kappa shape index (κ3) is 4.56. The van der Waals surface area contributed by atoms with Gasteiger partial charge >= 0.3 is 0 Å². The lowest BCUT2D eigenvalue weighted by atomic mass is 10.1. The molecule has 0 bridgehead atoms. The Labute approximate surface area is 165 Å². The standard InChI is InChI=1S/C20H24N2O5S/c1-14-8-9-17(15(2)12-14)26-11-10-21-20(23)19-13-22(28(3,24)25)16-6-4-5-7-18(16)27-19/h4-9,12,19H,10-11,13H2,1-3H3,(H,21,23)/t19-/m0/s1. The van der Waals surface area contributed by atoms with Gasteiger partial charge < -0.3 is 14.8 Å². The summed E-state index contributed by atoms with van der Waals surface area (Å²) in [7, 11) is -3.53. The van der Waals surface area contributed by atoms with Gasteiger partial charge in [-0.25, -0.2) is 8.42 Å². The van der Waals surface area contributed by atoms with Gasteiger partial charge in [-0.1, -0.05) is 29.8 Å². The normalized spacial score (nSPS) is 16.1. The second-order valence-electron chi connectivity index (χ2n) is 6.78. The first-order valence-corrected chi connectivity index (χ1v) is 10.8. The first-order valence-electron chi connectivity index (χ1n) is 8.97. The average molecular weight is 404 g/mol. The summed E-state index contributed by atoms with van der Waals surface area (Å²) in [5.74, 6) is 0.754. The van der Waals surface area contributed by atoms with Crippen molar-refractivity contribution >= 4 is 21.6 Å². The lowest BCUT2D eigenvalue weighted by molar-refractivity contribution is -0.127. The summed E-state index contributed by atoms with van der Waals surface area (Å²) in [6, 6.07) is 12.7. The molecule has 1 atom stereocenters. The quantitative estimate of drug-likeness (QED) is 0.745. The summed E-state index contributed by atoms with van der Waals surface area (Å²) < 4.78 is 36.8. The minimum Gasteiger partial charge on any atom is -0.491 e. The van der Waals surface area contributed by atoms with Crippen LogP contribution in [0.1, 0.15) is 11.1 Å². The Morgan fingerprint density at radius 1 is 1.25 bits per heavy atom. The lowest BCUT2D eigenvalue weighted by Crippen LogP contribution is -2.51. The number of nitrogens with zero attached hydrogens (tertiary/aromatic N) is 1. The summed E-state index contributed by atoms with van der Waals surface area (Å²) in [6.45, 7) is 4.49. The highest BCUT2D eigenvalue weighted by molar-refractivity contribution is 7.92. The first kappa shape index (κ1) is 20.0. The van der Waals surface area contributed by atoms with E-state index in [1.54, 1.807) is 24.3 Å². The molecule has 1 N–H and O–H groups in total. The molecular formula is C20H24N2O5S. The van der Waals surface area contributed by atoms with E-state index in [1.165, 1.54) is 4.31 Å². The molecule has 0 saturated carbocycles. The third-order valence-corrected chi connectivity index (χ3v) is 5.56. The van der Waals surface area contributed by atoms with E-state index >= 15 is 0 Å². The van der Waals surface area contributed by atoms with E-state index in [4.69, 9.17) is 9.47 Å². The van der Waals surface area contributed by atoms with Crippen LogP contribution in [0.4, 0.5) is 5.69 Å². The Kier molecular flexibility index (Phi) is 5.79. The molecule has 1 aliphatic rings. The van der Waals surface area contributed by atoms with Crippen molar-refractivity contribution in [3.05, 3.63) is 53.6 Å². The molecule has 7 nitrogen and oxygen atoms in total. The molecule has 0 unspecified atom stereocenters. The summed E-state index contributed by atoms with van der Waals surface area (Å²) in [4.78, 5) is 12.5. The van der Waals surface area contributed by atoms with Gasteiger partial charge in [-0.05, 0) is 37.6 Å². The predicted octanol–water partition coefficient (Wildman–Crippen LogP) is 2.03. The highest BCUT2D eigenvalue weighted by Gasteiger charge is 2.34. The Hall–Kier alpha value is -2.74. The van der Waals surface area contributed by atoms with Crippen LogP contribution in [0.15, 0.2) is 42.5 Å². The molecule has 3 rings (SSSR count). The summed E-state index contributed by atoms with van der Waals surface area (Å²) in [5, 5.41) is 2.75. The third-order valence-electron chi connectivity index (χ3n) is 4.42. The Balaban J connectivity index is 1.59. The molecule has 1 heterocycles. The number of hydrogen-bond acceptors (Lipinski definition) is 5. The molecule has 1 aliphatic heterocycles. The molecule has 150 valence electrons. The van der Waals surface area contributed by atoms with Gasteiger partial charge in [0.05, 0.1) is 25.0 Å². The van der Waals surface area contributed by atoms with Crippen molar-refractivity contribution < 1.29 is 22.7 Å². The molecule has 0 fully saturated rings. The summed E-state index contributed by atoms with van der Waals surface area (Å²) in [6.07, 6.45) is 0.188. The van der Waals surface area contributed by atoms with Crippen molar-refractivity contribution in [1.29, 1.82) is 0 Å². The molecule has 2 aromatic rings. The lowest BCUT2D eigenvalue weighted by Gasteiger charge is -2.33. The number of carbonyl (C=O) groups excluding carboxylic acids is 1. The van der Waals surface area contributed by atoms with Gasteiger partial charge in [0.1, 0.15) is 18.1 Å². The van der Waals surface area contributed by atoms with Gasteiger partial charge in [0.2, 0.25) is 10.0 Å². The number of para-hydroxylation sites is 2. The number of amides is 1. The van der Waals surface area contributed by atoms with E-state index in [2.05, 4.69) is 5.32 Å². The topological polar surface area (TPSA) is 84.9 Å². The number of anilines is 1. The van der Waals surface area contributed by atoms with E-state index < -0.39 is 16.1 Å². The van der Waals surface area contributed by atoms with Gasteiger partial charge in [-0.15, -0.1) is 0 Å². The summed E-state index contributed by atoms with van der Waals surface area (Å²) in [5.41, 5.74) is 2.62. The van der Waals surface area contributed by atoms with Crippen LogP contribution in [-0.2, 0) is 14.8 Å². The predicted molar refractivity (Wildman–Crippen MR) is 107 cm³/mol. The van der Waals surface area contributed by atoms with Crippen LogP contribution < -0.4 is 19.1 Å². The van der Waals surface area contributed by atoms with Crippen LogP contribution in [0.5, 0.6) is 11.5 Å². The Bertz CT molecular complexity index is 974. The zero-order chi connectivity index (χ0) is 20.3. The fourth-order valence-corrected chi connectivity index (χ4v) is 3.98. The van der Waals surface area contributed by atoms with E-state index in [9.17, 15) is 13.2 Å². The number of fused-ring (bicyclic) bond motifs is 1. The smallest absolute Gasteiger partial charge is 0.263 e. The zero-order valence-corrected chi connectivity index (χ0v) is 17.0. The molecule has 28 heavy (non-hydrogen) atoms. The van der Waals surface area contributed by atoms with E-state index in [-0.39, 0.29) is 19.0 Å². The minimum absolute atomic E-state index is 0.0698. The molecule has 8 heteroatoms. The molecule has 1 amide bonds. The highest BCUT2D eigenvalue weighted by Crippen LogP contribution is 2.34. The second-order valence-corrected chi connectivity index (χ2v) is 8.68. The maximum Gasteiger partial charge on any atom is 0.263 e. The first-order chi connectivity index (χ1) is 13.3. The zero-order valence-electron chi connectivity index (χ0n) is 16.1. The van der Waals surface area contributed by atoms with Gasteiger partial charge in [-0.2, -0.15) is 0 Å². The monoisotopic (exact) mass is 404 g/mol. The fraction of sp³-hybridized carbons (Fsp3) is 0.350. The van der Waals surface area contributed by atoms with Crippen molar-refractivity contribution in [2.24, 2.45) is 0 Å². The van der Waals surface area contributed by atoms with E-state index in [0.717, 1.165) is 23.1 Å². The number of ether oxygens (including phenoxy) is 2. The Morgan fingerprint density at radius 2 is 2.00 bits per heavy atom. The Morgan fingerprint density at radius 3 is 2.71 bits per heavy atom. The van der Waals surface area contributed by atoms with Crippen molar-refractivity contribution in [2.75, 3.05) is 30.3 Å².